The van der Waals surface area contributed by atoms with Crippen LogP contribution in [0, 0.1) is 0 Å². The first-order valence-corrected chi connectivity index (χ1v) is 12.0. The first-order chi connectivity index (χ1) is 16.2. The Hall–Kier alpha value is -3.41. The first-order valence-electron chi connectivity index (χ1n) is 12.0. The van der Waals surface area contributed by atoms with Crippen molar-refractivity contribution in [2.75, 3.05) is 5.32 Å². The molecule has 1 aliphatic rings. The molecule has 2 heterocycles. The lowest BCUT2D eigenvalue weighted by atomic mass is 9.71. The van der Waals surface area contributed by atoms with Gasteiger partial charge in [0.1, 0.15) is 5.82 Å². The lowest BCUT2D eigenvalue weighted by Crippen LogP contribution is -2.38. The number of ketones is 1. The van der Waals surface area contributed by atoms with E-state index in [9.17, 15) is 14.7 Å². The maximum atomic E-state index is 13.7. The molecule has 6 nitrogen and oxygen atoms in total. The van der Waals surface area contributed by atoms with Crippen molar-refractivity contribution < 1.29 is 14.7 Å². The number of anilines is 1. The largest absolute Gasteiger partial charge is 0.478 e. The third-order valence-corrected chi connectivity index (χ3v) is 7.46. The highest BCUT2D eigenvalue weighted by Gasteiger charge is 2.38. The number of Topliss-reactive ketones (excluding diaryl/α,β-unsaturated/α-hetero) is 1. The number of fused-ring (bicyclic) bond motifs is 1. The highest BCUT2D eigenvalue weighted by molar-refractivity contribution is 6.01. The van der Waals surface area contributed by atoms with Gasteiger partial charge in [0.2, 0.25) is 0 Å². The van der Waals surface area contributed by atoms with Crippen molar-refractivity contribution in [2.24, 2.45) is 0 Å². The molecule has 178 valence electrons. The molecule has 2 N–H and O–H groups in total. The summed E-state index contributed by atoms with van der Waals surface area (Å²) >= 11 is 0. The van der Waals surface area contributed by atoms with E-state index in [1.165, 1.54) is 5.56 Å². The predicted octanol–water partition coefficient (Wildman–Crippen LogP) is 6.20. The van der Waals surface area contributed by atoms with Crippen molar-refractivity contribution in [3.8, 4) is 0 Å². The van der Waals surface area contributed by atoms with Crippen LogP contribution in [0.1, 0.15) is 91.3 Å². The van der Waals surface area contributed by atoms with Gasteiger partial charge in [-0.25, -0.2) is 9.48 Å². The predicted molar refractivity (Wildman–Crippen MR) is 134 cm³/mol. The number of aromatic carboxylic acids is 1. The summed E-state index contributed by atoms with van der Waals surface area (Å²) in [4.78, 5) is 25.0. The van der Waals surface area contributed by atoms with Crippen LogP contribution in [-0.4, -0.2) is 26.6 Å². The Balaban J connectivity index is 1.66. The van der Waals surface area contributed by atoms with Crippen LogP contribution in [0.2, 0.25) is 0 Å². The average Bonchev–Trinajstić information content (AvgIpc) is 3.28. The smallest absolute Gasteiger partial charge is 0.335 e. The fraction of sp³-hybridized carbons (Fsp3) is 0.393. The zero-order valence-corrected chi connectivity index (χ0v) is 20.3. The maximum Gasteiger partial charge on any atom is 0.335 e. The number of hydrogen-bond acceptors (Lipinski definition) is 4. The number of nitrogens with zero attached hydrogens (tertiary/aromatic N) is 2. The lowest BCUT2D eigenvalue weighted by Gasteiger charge is -2.38. The normalized spacial score (nSPS) is 17.0. The van der Waals surface area contributed by atoms with Crippen molar-refractivity contribution in [3.63, 3.8) is 0 Å². The maximum absolute atomic E-state index is 13.7. The molecule has 1 aromatic heterocycles. The molecular weight excluding hydrogens is 426 g/mol. The molecule has 0 aliphatic carbocycles. The van der Waals surface area contributed by atoms with Gasteiger partial charge in [0, 0.05) is 11.8 Å². The van der Waals surface area contributed by atoms with Gasteiger partial charge in [-0.05, 0) is 56.4 Å². The van der Waals surface area contributed by atoms with Crippen molar-refractivity contribution >= 4 is 17.6 Å². The molecule has 0 saturated carbocycles. The number of carbonyl (C=O) groups excluding carboxylic acids is 1. The Labute approximate surface area is 201 Å². The van der Waals surface area contributed by atoms with E-state index in [4.69, 9.17) is 0 Å². The minimum atomic E-state index is -0.950. The highest BCUT2D eigenvalue weighted by Crippen LogP contribution is 2.42. The minimum absolute atomic E-state index is 0.0456. The van der Waals surface area contributed by atoms with Gasteiger partial charge in [-0.2, -0.15) is 5.10 Å². The Morgan fingerprint density at radius 3 is 2.32 bits per heavy atom. The van der Waals surface area contributed by atoms with Gasteiger partial charge in [0.25, 0.3) is 0 Å². The SMILES string of the molecule is CCC(CC)(CC(=O)c1cnn2c1NC(c1ccccc1)CC2(C)C)c1ccc(C(=O)O)cc1. The Bertz CT molecular complexity index is 1180. The highest BCUT2D eigenvalue weighted by atomic mass is 16.4. The molecule has 0 fully saturated rings. The van der Waals surface area contributed by atoms with Crippen LogP contribution >= 0.6 is 0 Å². The van der Waals surface area contributed by atoms with Gasteiger partial charge < -0.3 is 10.4 Å². The van der Waals surface area contributed by atoms with E-state index in [1.54, 1.807) is 18.3 Å². The summed E-state index contributed by atoms with van der Waals surface area (Å²) in [5.41, 5.74) is 2.44. The molecular formula is C28H33N3O3. The van der Waals surface area contributed by atoms with Crippen LogP contribution in [0.15, 0.2) is 60.8 Å². The number of rotatable bonds is 8. The molecule has 0 radical (unpaired) electrons. The van der Waals surface area contributed by atoms with Gasteiger partial charge >= 0.3 is 5.97 Å². The van der Waals surface area contributed by atoms with Crippen LogP contribution < -0.4 is 5.32 Å². The van der Waals surface area contributed by atoms with Crippen LogP contribution in [0.5, 0.6) is 0 Å². The molecule has 6 heteroatoms. The molecule has 0 bridgehead atoms. The molecule has 1 unspecified atom stereocenters. The standard InChI is InChI=1S/C28H33N3O3/c1-5-28(6-2,21-14-12-20(13-15-21)26(33)34)17-24(32)22-18-29-31-25(22)30-23(16-27(31,3)4)19-10-8-7-9-11-19/h7-15,18,23,30H,5-6,16-17H2,1-4H3,(H,33,34). The van der Waals surface area contributed by atoms with Crippen LogP contribution in [0.3, 0.4) is 0 Å². The van der Waals surface area contributed by atoms with Gasteiger partial charge in [0.15, 0.2) is 5.78 Å². The molecule has 3 aromatic rings. The summed E-state index contributed by atoms with van der Waals surface area (Å²) in [6, 6.07) is 17.4. The first kappa shape index (κ1) is 23.7. The average molecular weight is 460 g/mol. The second-order valence-corrected chi connectivity index (χ2v) is 9.91. The molecule has 1 atom stereocenters. The van der Waals surface area contributed by atoms with E-state index in [0.29, 0.717) is 12.0 Å². The molecule has 1 aliphatic heterocycles. The third kappa shape index (κ3) is 4.25. The Kier molecular flexibility index (Phi) is 6.34. The number of benzene rings is 2. The summed E-state index contributed by atoms with van der Waals surface area (Å²) in [7, 11) is 0. The Morgan fingerprint density at radius 1 is 1.09 bits per heavy atom. The summed E-state index contributed by atoms with van der Waals surface area (Å²) in [6.45, 7) is 8.48. The molecule has 34 heavy (non-hydrogen) atoms. The van der Waals surface area contributed by atoms with E-state index in [1.807, 2.05) is 35.0 Å². The van der Waals surface area contributed by atoms with Crippen molar-refractivity contribution in [1.29, 1.82) is 0 Å². The van der Waals surface area contributed by atoms with Crippen LogP contribution in [-0.2, 0) is 11.0 Å². The lowest BCUT2D eigenvalue weighted by molar-refractivity contribution is 0.0696. The zero-order chi connectivity index (χ0) is 24.5. The van der Waals surface area contributed by atoms with Gasteiger partial charge in [-0.3, -0.25) is 4.79 Å². The third-order valence-electron chi connectivity index (χ3n) is 7.46. The number of carbonyl (C=O) groups is 2. The second-order valence-electron chi connectivity index (χ2n) is 9.91. The molecule has 0 saturated heterocycles. The number of hydrogen-bond donors (Lipinski definition) is 2. The fourth-order valence-electron chi connectivity index (χ4n) is 5.22. The van der Waals surface area contributed by atoms with Crippen molar-refractivity contribution in [3.05, 3.63) is 83.0 Å². The zero-order valence-electron chi connectivity index (χ0n) is 20.3. The monoisotopic (exact) mass is 459 g/mol. The number of carboxylic acid groups (broad SMARTS) is 1. The van der Waals surface area contributed by atoms with Crippen molar-refractivity contribution in [2.45, 2.75) is 70.4 Å². The van der Waals surface area contributed by atoms with E-state index in [0.717, 1.165) is 30.6 Å². The van der Waals surface area contributed by atoms with Crippen LogP contribution in [0.4, 0.5) is 5.82 Å². The van der Waals surface area contributed by atoms with Gasteiger partial charge in [-0.15, -0.1) is 0 Å². The van der Waals surface area contributed by atoms with Crippen molar-refractivity contribution in [1.82, 2.24) is 9.78 Å². The molecule has 0 amide bonds. The topological polar surface area (TPSA) is 84.2 Å². The molecule has 2 aromatic carbocycles. The molecule has 4 rings (SSSR count). The molecule has 0 spiro atoms. The van der Waals surface area contributed by atoms with Gasteiger partial charge in [-0.1, -0.05) is 56.3 Å². The van der Waals surface area contributed by atoms with E-state index < -0.39 is 5.97 Å². The number of carboxylic acids is 1. The second kappa shape index (κ2) is 9.09. The summed E-state index contributed by atoms with van der Waals surface area (Å²) in [5, 5.41) is 17.5. The van der Waals surface area contributed by atoms with Gasteiger partial charge in [0.05, 0.1) is 28.9 Å². The number of nitrogens with one attached hydrogen (secondary N) is 1. The van der Waals surface area contributed by atoms with E-state index in [-0.39, 0.29) is 28.3 Å². The fourth-order valence-corrected chi connectivity index (χ4v) is 5.22. The number of aromatic nitrogens is 2. The van der Waals surface area contributed by atoms with E-state index in [2.05, 4.69) is 50.2 Å². The summed E-state index contributed by atoms with van der Waals surface area (Å²) in [5.74, 6) is -0.129. The van der Waals surface area contributed by atoms with E-state index >= 15 is 0 Å². The minimum Gasteiger partial charge on any atom is -0.478 e. The quantitative estimate of drug-likeness (QED) is 0.392. The summed E-state index contributed by atoms with van der Waals surface area (Å²) in [6.07, 6.45) is 4.45. The Morgan fingerprint density at radius 2 is 1.74 bits per heavy atom. The van der Waals surface area contributed by atoms with Crippen LogP contribution in [0.25, 0.3) is 0 Å². The summed E-state index contributed by atoms with van der Waals surface area (Å²) < 4.78 is 1.95.